The number of amides is 1. The van der Waals surface area contributed by atoms with E-state index in [4.69, 9.17) is 5.11 Å². The number of hydrogen-bond acceptors (Lipinski definition) is 3. The standard InChI is InChI=1S/C11H13BrN2O2/c1-7-2-9(12)11(13-4-7)14-5-8(6-15)3-10(14)16/h2,4,8,15H,3,5-6H2,1H3. The quantitative estimate of drug-likeness (QED) is 0.896. The minimum absolute atomic E-state index is 0.0242. The van der Waals surface area contributed by atoms with E-state index < -0.39 is 0 Å². The maximum Gasteiger partial charge on any atom is 0.228 e. The maximum absolute atomic E-state index is 11.7. The summed E-state index contributed by atoms with van der Waals surface area (Å²) in [6.07, 6.45) is 2.14. The van der Waals surface area contributed by atoms with Crippen LogP contribution in [-0.4, -0.2) is 29.1 Å². The van der Waals surface area contributed by atoms with Crippen LogP contribution in [0.1, 0.15) is 12.0 Å². The Hall–Kier alpha value is -0.940. The lowest BCUT2D eigenvalue weighted by molar-refractivity contribution is -0.117. The first-order valence-electron chi connectivity index (χ1n) is 5.15. The lowest BCUT2D eigenvalue weighted by atomic mass is 10.1. The monoisotopic (exact) mass is 284 g/mol. The van der Waals surface area contributed by atoms with Gasteiger partial charge >= 0.3 is 0 Å². The van der Waals surface area contributed by atoms with E-state index in [1.807, 2.05) is 13.0 Å². The zero-order chi connectivity index (χ0) is 11.7. The van der Waals surface area contributed by atoms with Crippen LogP contribution >= 0.6 is 15.9 Å². The Bertz CT molecular complexity index is 422. The zero-order valence-corrected chi connectivity index (χ0v) is 10.6. The van der Waals surface area contributed by atoms with Crippen LogP contribution in [0.25, 0.3) is 0 Å². The Balaban J connectivity index is 2.28. The number of pyridine rings is 1. The van der Waals surface area contributed by atoms with E-state index in [2.05, 4.69) is 20.9 Å². The number of rotatable bonds is 2. The van der Waals surface area contributed by atoms with Gasteiger partial charge in [-0.25, -0.2) is 4.98 Å². The van der Waals surface area contributed by atoms with E-state index in [9.17, 15) is 4.79 Å². The maximum atomic E-state index is 11.7. The predicted octanol–water partition coefficient (Wildman–Crippen LogP) is 1.50. The largest absolute Gasteiger partial charge is 0.396 e. The lowest BCUT2D eigenvalue weighted by Gasteiger charge is -2.16. The molecule has 1 saturated heterocycles. The molecule has 2 rings (SSSR count). The highest BCUT2D eigenvalue weighted by Gasteiger charge is 2.31. The summed E-state index contributed by atoms with van der Waals surface area (Å²) in [4.78, 5) is 17.6. The van der Waals surface area contributed by atoms with Gasteiger partial charge in [0, 0.05) is 31.7 Å². The normalized spacial score (nSPS) is 20.6. The molecule has 1 unspecified atom stereocenters. The Labute approximate surface area is 102 Å². The number of aromatic nitrogens is 1. The average molecular weight is 285 g/mol. The van der Waals surface area contributed by atoms with Gasteiger partial charge in [0.25, 0.3) is 0 Å². The molecule has 0 bridgehead atoms. The number of hydrogen-bond donors (Lipinski definition) is 1. The molecule has 1 fully saturated rings. The van der Waals surface area contributed by atoms with Crippen LogP contribution < -0.4 is 4.90 Å². The molecule has 2 heterocycles. The van der Waals surface area contributed by atoms with Crippen molar-refractivity contribution in [1.29, 1.82) is 0 Å². The Morgan fingerprint density at radius 2 is 2.44 bits per heavy atom. The molecule has 86 valence electrons. The minimum atomic E-state index is 0.0242. The molecule has 0 aromatic carbocycles. The van der Waals surface area contributed by atoms with Gasteiger partial charge in [-0.15, -0.1) is 0 Å². The van der Waals surface area contributed by atoms with Crippen molar-refractivity contribution in [2.45, 2.75) is 13.3 Å². The average Bonchev–Trinajstić information content (AvgIpc) is 2.60. The second-order valence-electron chi connectivity index (χ2n) is 4.08. The number of nitrogens with zero attached hydrogens (tertiary/aromatic N) is 2. The first-order chi connectivity index (χ1) is 7.61. The van der Waals surface area contributed by atoms with Crippen molar-refractivity contribution >= 4 is 27.7 Å². The summed E-state index contributed by atoms with van der Waals surface area (Å²) in [7, 11) is 0. The summed E-state index contributed by atoms with van der Waals surface area (Å²) in [5, 5.41) is 9.05. The fourth-order valence-electron chi connectivity index (χ4n) is 1.83. The fraction of sp³-hybridized carbons (Fsp3) is 0.455. The van der Waals surface area contributed by atoms with Crippen molar-refractivity contribution in [2.75, 3.05) is 18.1 Å². The van der Waals surface area contributed by atoms with Crippen LogP contribution in [-0.2, 0) is 4.79 Å². The second kappa shape index (κ2) is 4.51. The van der Waals surface area contributed by atoms with E-state index in [1.54, 1.807) is 11.1 Å². The van der Waals surface area contributed by atoms with Gasteiger partial charge in [0.05, 0.1) is 4.47 Å². The van der Waals surface area contributed by atoms with Crippen molar-refractivity contribution < 1.29 is 9.90 Å². The number of aryl methyl sites for hydroxylation is 1. The van der Waals surface area contributed by atoms with Crippen LogP contribution in [0, 0.1) is 12.8 Å². The van der Waals surface area contributed by atoms with Gasteiger partial charge in [-0.05, 0) is 34.5 Å². The molecule has 1 aromatic heterocycles. The smallest absolute Gasteiger partial charge is 0.228 e. The molecule has 0 spiro atoms. The van der Waals surface area contributed by atoms with Gasteiger partial charge in [0.2, 0.25) is 5.91 Å². The molecule has 1 aliphatic rings. The van der Waals surface area contributed by atoms with E-state index in [1.165, 1.54) is 0 Å². The molecule has 1 aromatic rings. The Morgan fingerprint density at radius 1 is 1.69 bits per heavy atom. The molecule has 4 nitrogen and oxygen atoms in total. The van der Waals surface area contributed by atoms with Crippen LogP contribution in [0.3, 0.4) is 0 Å². The number of carbonyl (C=O) groups is 1. The van der Waals surface area contributed by atoms with Gasteiger partial charge in [-0.1, -0.05) is 0 Å². The van der Waals surface area contributed by atoms with Crippen molar-refractivity contribution in [2.24, 2.45) is 5.92 Å². The van der Waals surface area contributed by atoms with E-state index in [-0.39, 0.29) is 18.4 Å². The first-order valence-corrected chi connectivity index (χ1v) is 5.94. The lowest BCUT2D eigenvalue weighted by Crippen LogP contribution is -2.26. The molecule has 5 heteroatoms. The first kappa shape index (κ1) is 11.5. The summed E-state index contributed by atoms with van der Waals surface area (Å²) in [5.74, 6) is 0.699. The van der Waals surface area contributed by atoms with Crippen molar-refractivity contribution in [3.8, 4) is 0 Å². The fourth-order valence-corrected chi connectivity index (χ4v) is 2.51. The van der Waals surface area contributed by atoms with E-state index in [0.717, 1.165) is 10.0 Å². The molecule has 16 heavy (non-hydrogen) atoms. The van der Waals surface area contributed by atoms with E-state index in [0.29, 0.717) is 18.8 Å². The Morgan fingerprint density at radius 3 is 3.00 bits per heavy atom. The Kier molecular flexibility index (Phi) is 3.25. The number of aliphatic hydroxyl groups is 1. The molecule has 1 aliphatic heterocycles. The molecule has 0 aliphatic carbocycles. The number of aliphatic hydroxyl groups excluding tert-OH is 1. The third kappa shape index (κ3) is 2.10. The summed E-state index contributed by atoms with van der Waals surface area (Å²) < 4.78 is 0.819. The van der Waals surface area contributed by atoms with Gasteiger partial charge in [0.15, 0.2) is 0 Å². The third-order valence-corrected chi connectivity index (χ3v) is 3.26. The third-order valence-electron chi connectivity index (χ3n) is 2.68. The molecule has 1 atom stereocenters. The molecular weight excluding hydrogens is 272 g/mol. The summed E-state index contributed by atoms with van der Waals surface area (Å²) in [6, 6.07) is 1.93. The van der Waals surface area contributed by atoms with Crippen molar-refractivity contribution in [3.05, 3.63) is 22.3 Å². The van der Waals surface area contributed by atoms with Crippen molar-refractivity contribution in [3.63, 3.8) is 0 Å². The highest BCUT2D eigenvalue weighted by Crippen LogP contribution is 2.29. The van der Waals surface area contributed by atoms with Crippen LogP contribution in [0.15, 0.2) is 16.7 Å². The molecule has 0 radical (unpaired) electrons. The van der Waals surface area contributed by atoms with Gasteiger partial charge in [0.1, 0.15) is 5.82 Å². The minimum Gasteiger partial charge on any atom is -0.396 e. The molecular formula is C11H13BrN2O2. The number of halogens is 1. The van der Waals surface area contributed by atoms with Gasteiger partial charge in [-0.3, -0.25) is 9.69 Å². The van der Waals surface area contributed by atoms with E-state index >= 15 is 0 Å². The number of anilines is 1. The predicted molar refractivity (Wildman–Crippen MR) is 64.2 cm³/mol. The second-order valence-corrected chi connectivity index (χ2v) is 4.93. The summed E-state index contributed by atoms with van der Waals surface area (Å²) in [5.41, 5.74) is 1.04. The van der Waals surface area contributed by atoms with Crippen LogP contribution in [0.5, 0.6) is 0 Å². The zero-order valence-electron chi connectivity index (χ0n) is 8.98. The number of carbonyl (C=O) groups excluding carboxylic acids is 1. The van der Waals surface area contributed by atoms with Crippen LogP contribution in [0.2, 0.25) is 0 Å². The summed E-state index contributed by atoms with van der Waals surface area (Å²) in [6.45, 7) is 2.54. The molecule has 1 N–H and O–H groups in total. The van der Waals surface area contributed by atoms with Gasteiger partial charge in [-0.2, -0.15) is 0 Å². The SMILES string of the molecule is Cc1cnc(N2CC(CO)CC2=O)c(Br)c1. The topological polar surface area (TPSA) is 53.4 Å². The molecule has 0 saturated carbocycles. The highest BCUT2D eigenvalue weighted by atomic mass is 79.9. The van der Waals surface area contributed by atoms with Gasteiger partial charge < -0.3 is 5.11 Å². The van der Waals surface area contributed by atoms with Crippen molar-refractivity contribution in [1.82, 2.24) is 4.98 Å². The highest BCUT2D eigenvalue weighted by molar-refractivity contribution is 9.10. The van der Waals surface area contributed by atoms with Crippen LogP contribution in [0.4, 0.5) is 5.82 Å². The molecule has 1 amide bonds. The summed E-state index contributed by atoms with van der Waals surface area (Å²) >= 11 is 3.41.